The number of anilines is 1. The zero-order valence-electron chi connectivity index (χ0n) is 12.1. The van der Waals surface area contributed by atoms with Crippen LogP contribution in [0.4, 0.5) is 5.69 Å². The van der Waals surface area contributed by atoms with Gasteiger partial charge in [0.2, 0.25) is 0 Å². The molecule has 0 unspecified atom stereocenters. The van der Waals surface area contributed by atoms with Gasteiger partial charge in [-0.2, -0.15) is 0 Å². The van der Waals surface area contributed by atoms with Gasteiger partial charge in [0.05, 0.1) is 25.1 Å². The SMILES string of the molecule is C[C@H](N)C/C=C/c1cncc(N2CCOCC2)c1.Cl.Cl.Cl. The molecular weight excluding hydrogens is 333 g/mol. The van der Waals surface area contributed by atoms with Crippen LogP contribution in [-0.2, 0) is 4.74 Å². The van der Waals surface area contributed by atoms with Crippen molar-refractivity contribution in [2.24, 2.45) is 5.73 Å². The third kappa shape index (κ3) is 7.88. The van der Waals surface area contributed by atoms with Gasteiger partial charge in [-0.05, 0) is 25.0 Å². The van der Waals surface area contributed by atoms with Gasteiger partial charge in [-0.25, -0.2) is 0 Å². The summed E-state index contributed by atoms with van der Waals surface area (Å²) in [5.41, 5.74) is 8.01. The van der Waals surface area contributed by atoms with Crippen molar-refractivity contribution >= 4 is 49.0 Å². The molecule has 2 rings (SSSR count). The highest BCUT2D eigenvalue weighted by Gasteiger charge is 2.11. The molecule has 1 aliphatic heterocycles. The lowest BCUT2D eigenvalue weighted by Crippen LogP contribution is -2.36. The Labute approximate surface area is 145 Å². The van der Waals surface area contributed by atoms with Crippen LogP contribution in [0, 0.1) is 0 Å². The van der Waals surface area contributed by atoms with Gasteiger partial charge in [-0.1, -0.05) is 12.2 Å². The molecule has 0 aliphatic carbocycles. The van der Waals surface area contributed by atoms with Crippen LogP contribution >= 0.6 is 37.2 Å². The molecule has 1 fully saturated rings. The van der Waals surface area contributed by atoms with Crippen LogP contribution in [0.3, 0.4) is 0 Å². The Kier molecular flexibility index (Phi) is 13.1. The Morgan fingerprint density at radius 2 is 1.95 bits per heavy atom. The largest absolute Gasteiger partial charge is 0.378 e. The molecule has 1 aromatic rings. The van der Waals surface area contributed by atoms with Crippen molar-refractivity contribution in [2.75, 3.05) is 31.2 Å². The second-order valence-corrected chi connectivity index (χ2v) is 4.69. The average Bonchev–Trinajstić information content (AvgIpc) is 2.40. The fourth-order valence-corrected chi connectivity index (χ4v) is 1.95. The summed E-state index contributed by atoms with van der Waals surface area (Å²) in [6, 6.07) is 2.37. The van der Waals surface area contributed by atoms with Gasteiger partial charge in [-0.15, -0.1) is 37.2 Å². The molecule has 122 valence electrons. The Morgan fingerprint density at radius 1 is 1.29 bits per heavy atom. The number of morpholine rings is 1. The van der Waals surface area contributed by atoms with E-state index in [-0.39, 0.29) is 43.3 Å². The Hall–Kier alpha value is -0.520. The molecule has 4 nitrogen and oxygen atoms in total. The highest BCUT2D eigenvalue weighted by atomic mass is 35.5. The lowest BCUT2D eigenvalue weighted by molar-refractivity contribution is 0.122. The molecule has 0 amide bonds. The maximum absolute atomic E-state index is 5.71. The van der Waals surface area contributed by atoms with Crippen molar-refractivity contribution in [3.63, 3.8) is 0 Å². The summed E-state index contributed by atoms with van der Waals surface area (Å²) in [5, 5.41) is 0. The van der Waals surface area contributed by atoms with Gasteiger partial charge in [0, 0.05) is 25.3 Å². The lowest BCUT2D eigenvalue weighted by atomic mass is 10.2. The van der Waals surface area contributed by atoms with Gasteiger partial charge < -0.3 is 15.4 Å². The van der Waals surface area contributed by atoms with Crippen molar-refractivity contribution in [1.29, 1.82) is 0 Å². The number of hydrogen-bond acceptors (Lipinski definition) is 4. The molecule has 0 spiro atoms. The van der Waals surface area contributed by atoms with Crippen LogP contribution < -0.4 is 10.6 Å². The van der Waals surface area contributed by atoms with Crippen LogP contribution in [0.1, 0.15) is 18.9 Å². The predicted octanol–water partition coefficient (Wildman–Crippen LogP) is 2.93. The number of halogens is 3. The highest BCUT2D eigenvalue weighted by Crippen LogP contribution is 2.16. The molecule has 0 saturated carbocycles. The molecule has 0 bridgehead atoms. The van der Waals surface area contributed by atoms with Crippen molar-refractivity contribution in [3.05, 3.63) is 30.1 Å². The standard InChI is InChI=1S/C14H21N3O.3ClH/c1-12(15)3-2-4-13-9-14(11-16-10-13)17-5-7-18-8-6-17;;;/h2,4,9-12H,3,5-8,15H2,1H3;3*1H/b4-2+;;;/t12-;;;/m0.../s1. The van der Waals surface area contributed by atoms with Crippen molar-refractivity contribution in [1.82, 2.24) is 4.98 Å². The summed E-state index contributed by atoms with van der Waals surface area (Å²) >= 11 is 0. The lowest BCUT2D eigenvalue weighted by Gasteiger charge is -2.28. The van der Waals surface area contributed by atoms with E-state index in [0.29, 0.717) is 0 Å². The molecule has 1 aromatic heterocycles. The highest BCUT2D eigenvalue weighted by molar-refractivity contribution is 5.86. The average molecular weight is 357 g/mol. The number of pyridine rings is 1. The monoisotopic (exact) mass is 355 g/mol. The van der Waals surface area contributed by atoms with Crippen LogP contribution in [0.15, 0.2) is 24.5 Å². The van der Waals surface area contributed by atoms with Gasteiger partial charge >= 0.3 is 0 Å². The molecule has 0 aromatic carbocycles. The molecule has 1 aliphatic rings. The normalized spacial score (nSPS) is 15.6. The minimum Gasteiger partial charge on any atom is -0.378 e. The van der Waals surface area contributed by atoms with Crippen LogP contribution in [0.25, 0.3) is 6.08 Å². The fraction of sp³-hybridized carbons (Fsp3) is 0.500. The number of aromatic nitrogens is 1. The summed E-state index contributed by atoms with van der Waals surface area (Å²) in [6.45, 7) is 5.48. The van der Waals surface area contributed by atoms with E-state index in [9.17, 15) is 0 Å². The number of rotatable bonds is 4. The van der Waals surface area contributed by atoms with Crippen molar-refractivity contribution < 1.29 is 4.74 Å². The van der Waals surface area contributed by atoms with E-state index in [0.717, 1.165) is 38.3 Å². The first kappa shape index (κ1) is 22.8. The van der Waals surface area contributed by atoms with E-state index in [2.05, 4.69) is 28.1 Å². The van der Waals surface area contributed by atoms with Crippen LogP contribution in [0.5, 0.6) is 0 Å². The Balaban J connectivity index is 0. The van der Waals surface area contributed by atoms with E-state index in [1.165, 1.54) is 5.69 Å². The molecule has 0 radical (unpaired) electrons. The quantitative estimate of drug-likeness (QED) is 0.901. The van der Waals surface area contributed by atoms with Crippen molar-refractivity contribution in [2.45, 2.75) is 19.4 Å². The molecule has 21 heavy (non-hydrogen) atoms. The first-order valence-corrected chi connectivity index (χ1v) is 6.45. The first-order chi connectivity index (χ1) is 8.75. The van der Waals surface area contributed by atoms with Gasteiger partial charge in [0.25, 0.3) is 0 Å². The van der Waals surface area contributed by atoms with E-state index < -0.39 is 0 Å². The molecule has 2 N–H and O–H groups in total. The second-order valence-electron chi connectivity index (χ2n) is 4.69. The predicted molar refractivity (Wildman–Crippen MR) is 96.3 cm³/mol. The van der Waals surface area contributed by atoms with Gasteiger partial charge in [-0.3, -0.25) is 4.98 Å². The van der Waals surface area contributed by atoms with E-state index in [4.69, 9.17) is 10.5 Å². The Bertz CT molecular complexity index is 410. The Morgan fingerprint density at radius 3 is 2.57 bits per heavy atom. The zero-order valence-corrected chi connectivity index (χ0v) is 14.6. The summed E-state index contributed by atoms with van der Waals surface area (Å²) < 4.78 is 5.35. The topological polar surface area (TPSA) is 51.4 Å². The van der Waals surface area contributed by atoms with E-state index >= 15 is 0 Å². The van der Waals surface area contributed by atoms with E-state index in [1.807, 2.05) is 19.3 Å². The maximum atomic E-state index is 5.71. The van der Waals surface area contributed by atoms with Gasteiger partial charge in [0.15, 0.2) is 0 Å². The van der Waals surface area contributed by atoms with Gasteiger partial charge in [0.1, 0.15) is 0 Å². The smallest absolute Gasteiger partial charge is 0.0642 e. The molecule has 1 saturated heterocycles. The third-order valence-electron chi connectivity index (χ3n) is 2.94. The molecule has 1 atom stereocenters. The fourth-order valence-electron chi connectivity index (χ4n) is 1.95. The van der Waals surface area contributed by atoms with Crippen LogP contribution in [0.2, 0.25) is 0 Å². The van der Waals surface area contributed by atoms with E-state index in [1.54, 1.807) is 0 Å². The summed E-state index contributed by atoms with van der Waals surface area (Å²) in [6.07, 6.45) is 8.86. The number of ether oxygens (including phenoxy) is 1. The third-order valence-corrected chi connectivity index (χ3v) is 2.94. The molecular formula is C14H24Cl3N3O. The van der Waals surface area contributed by atoms with Crippen molar-refractivity contribution in [3.8, 4) is 0 Å². The second kappa shape index (κ2) is 12.1. The number of nitrogens with zero attached hydrogens (tertiary/aromatic N) is 2. The molecule has 7 heteroatoms. The maximum Gasteiger partial charge on any atom is 0.0642 e. The minimum atomic E-state index is 0. The summed E-state index contributed by atoms with van der Waals surface area (Å²) in [5.74, 6) is 0. The number of nitrogens with two attached hydrogens (primary N) is 1. The summed E-state index contributed by atoms with van der Waals surface area (Å²) in [4.78, 5) is 6.60. The molecule has 2 heterocycles. The number of hydrogen-bond donors (Lipinski definition) is 1. The summed E-state index contributed by atoms with van der Waals surface area (Å²) in [7, 11) is 0. The van der Waals surface area contributed by atoms with Crippen LogP contribution in [-0.4, -0.2) is 37.3 Å². The zero-order chi connectivity index (χ0) is 12.8. The first-order valence-electron chi connectivity index (χ1n) is 6.45. The minimum absolute atomic E-state index is 0.